The number of anilines is 1. The Hall–Kier alpha value is -3.52. The van der Waals surface area contributed by atoms with Gasteiger partial charge in [-0.2, -0.15) is 10.1 Å². The van der Waals surface area contributed by atoms with Crippen LogP contribution in [0.5, 0.6) is 0 Å². The molecule has 0 spiro atoms. The summed E-state index contributed by atoms with van der Waals surface area (Å²) in [6.07, 6.45) is 2.78. The van der Waals surface area contributed by atoms with Crippen molar-refractivity contribution in [1.82, 2.24) is 15.3 Å². The molecule has 1 atom stereocenters. The van der Waals surface area contributed by atoms with Crippen LogP contribution in [0.2, 0.25) is 10.0 Å². The van der Waals surface area contributed by atoms with E-state index in [9.17, 15) is 9.90 Å². The normalized spacial score (nSPS) is 14.3. The average molecular weight is 492 g/mol. The summed E-state index contributed by atoms with van der Waals surface area (Å²) < 4.78 is 0. The molecule has 1 unspecified atom stereocenters. The number of rotatable bonds is 5. The molecule has 0 bridgehead atoms. The standard InChI is InChI=1S/C25H19Cl2N5O2/c26-19-12-17(32-25(34)28-9-10-30-32)13-20(27)18(19)11-15-5-7-16(8-6-15)24(33)23-14-29-21-3-1-2-4-22(21)31-23/h1-8,10,12-14,24,33H,9,11H2,(H,28,34). The van der Waals surface area contributed by atoms with Crippen LogP contribution in [0, 0.1) is 0 Å². The van der Waals surface area contributed by atoms with Crippen LogP contribution in [0.3, 0.4) is 0 Å². The molecule has 7 nitrogen and oxygen atoms in total. The number of hydrogen-bond donors (Lipinski definition) is 2. The third-order valence-electron chi connectivity index (χ3n) is 5.53. The van der Waals surface area contributed by atoms with Gasteiger partial charge in [-0.25, -0.2) is 9.78 Å². The van der Waals surface area contributed by atoms with Crippen LogP contribution in [0.15, 0.2) is 72.0 Å². The van der Waals surface area contributed by atoms with Gasteiger partial charge in [-0.15, -0.1) is 0 Å². The predicted molar refractivity (Wildman–Crippen MR) is 134 cm³/mol. The van der Waals surface area contributed by atoms with Crippen molar-refractivity contribution in [3.05, 3.63) is 99.3 Å². The number of nitrogens with one attached hydrogen (secondary N) is 1. The van der Waals surface area contributed by atoms with Crippen LogP contribution in [0.4, 0.5) is 10.5 Å². The van der Waals surface area contributed by atoms with Gasteiger partial charge in [-0.05, 0) is 41.0 Å². The molecule has 0 aliphatic carbocycles. The number of carbonyl (C=O) groups is 1. The number of benzene rings is 3. The largest absolute Gasteiger partial charge is 0.382 e. The molecule has 1 aromatic heterocycles. The topological polar surface area (TPSA) is 90.7 Å². The first-order chi connectivity index (χ1) is 16.5. The van der Waals surface area contributed by atoms with Gasteiger partial charge in [0.25, 0.3) is 0 Å². The number of hydrogen-bond acceptors (Lipinski definition) is 5. The van der Waals surface area contributed by atoms with Gasteiger partial charge in [0.15, 0.2) is 0 Å². The van der Waals surface area contributed by atoms with E-state index in [0.717, 1.165) is 22.2 Å². The molecule has 34 heavy (non-hydrogen) atoms. The Morgan fingerprint density at radius 1 is 1.03 bits per heavy atom. The number of urea groups is 1. The van der Waals surface area contributed by atoms with Crippen molar-refractivity contribution < 1.29 is 9.90 Å². The lowest BCUT2D eigenvalue weighted by Gasteiger charge is -2.22. The van der Waals surface area contributed by atoms with Crippen molar-refractivity contribution in [1.29, 1.82) is 0 Å². The molecule has 1 aliphatic rings. The highest BCUT2D eigenvalue weighted by Crippen LogP contribution is 2.33. The molecule has 9 heteroatoms. The molecule has 0 saturated carbocycles. The first-order valence-corrected chi connectivity index (χ1v) is 11.3. The van der Waals surface area contributed by atoms with Gasteiger partial charge >= 0.3 is 6.03 Å². The van der Waals surface area contributed by atoms with E-state index in [0.29, 0.717) is 40.0 Å². The number of nitrogens with zero attached hydrogens (tertiary/aromatic N) is 4. The number of hydrazone groups is 1. The van der Waals surface area contributed by atoms with Gasteiger partial charge in [-0.3, -0.25) is 4.98 Å². The number of amides is 2. The van der Waals surface area contributed by atoms with E-state index in [2.05, 4.69) is 20.4 Å². The molecular weight excluding hydrogens is 473 g/mol. The van der Waals surface area contributed by atoms with E-state index in [1.54, 1.807) is 24.5 Å². The second kappa shape index (κ2) is 9.38. The number of carbonyl (C=O) groups excluding carboxylic acids is 1. The van der Waals surface area contributed by atoms with Crippen LogP contribution < -0.4 is 10.3 Å². The van der Waals surface area contributed by atoms with E-state index in [-0.39, 0.29) is 6.03 Å². The third-order valence-corrected chi connectivity index (χ3v) is 6.20. The molecule has 5 rings (SSSR count). The maximum atomic E-state index is 12.0. The van der Waals surface area contributed by atoms with Gasteiger partial charge in [0, 0.05) is 22.7 Å². The first-order valence-electron chi connectivity index (χ1n) is 10.6. The van der Waals surface area contributed by atoms with Crippen LogP contribution >= 0.6 is 23.2 Å². The maximum Gasteiger partial charge on any atom is 0.342 e. The summed E-state index contributed by atoms with van der Waals surface area (Å²) in [4.78, 5) is 20.9. The highest BCUT2D eigenvalue weighted by atomic mass is 35.5. The highest BCUT2D eigenvalue weighted by Gasteiger charge is 2.20. The van der Waals surface area contributed by atoms with Crippen molar-refractivity contribution in [2.24, 2.45) is 5.10 Å². The molecule has 0 radical (unpaired) electrons. The molecular formula is C25H19Cl2N5O2. The number of aliphatic hydroxyl groups excluding tert-OH is 1. The predicted octanol–water partition coefficient (Wildman–Crippen LogP) is 5.12. The zero-order chi connectivity index (χ0) is 23.7. The van der Waals surface area contributed by atoms with Gasteiger partial charge in [0.2, 0.25) is 0 Å². The van der Waals surface area contributed by atoms with Gasteiger partial charge in [0.1, 0.15) is 6.10 Å². The van der Waals surface area contributed by atoms with Crippen molar-refractivity contribution in [3.8, 4) is 0 Å². The van der Waals surface area contributed by atoms with Crippen LogP contribution in [-0.2, 0) is 6.42 Å². The lowest BCUT2D eigenvalue weighted by atomic mass is 10.00. The van der Waals surface area contributed by atoms with E-state index in [4.69, 9.17) is 23.2 Å². The second-order valence-corrected chi connectivity index (χ2v) is 8.60. The summed E-state index contributed by atoms with van der Waals surface area (Å²) in [7, 11) is 0. The first kappa shape index (κ1) is 22.3. The molecule has 1 aliphatic heterocycles. The summed E-state index contributed by atoms with van der Waals surface area (Å²) in [6.45, 7) is 0.382. The molecule has 0 saturated heterocycles. The molecule has 4 aromatic rings. The number of aliphatic hydroxyl groups is 1. The third kappa shape index (κ3) is 4.46. The minimum atomic E-state index is -0.895. The fourth-order valence-corrected chi connectivity index (χ4v) is 4.35. The van der Waals surface area contributed by atoms with Crippen molar-refractivity contribution in [2.45, 2.75) is 12.5 Å². The summed E-state index contributed by atoms with van der Waals surface area (Å²) in [5.41, 5.74) is 4.89. The molecule has 2 amide bonds. The van der Waals surface area contributed by atoms with Gasteiger partial charge < -0.3 is 10.4 Å². The Morgan fingerprint density at radius 3 is 2.44 bits per heavy atom. The Balaban J connectivity index is 1.35. The second-order valence-electron chi connectivity index (χ2n) is 7.79. The minimum absolute atomic E-state index is 0.340. The molecule has 2 heterocycles. The van der Waals surface area contributed by atoms with Crippen molar-refractivity contribution >= 4 is 52.2 Å². The average Bonchev–Trinajstić information content (AvgIpc) is 2.86. The zero-order valence-corrected chi connectivity index (χ0v) is 19.3. The lowest BCUT2D eigenvalue weighted by molar-refractivity contribution is 0.215. The number of halogens is 2. The SMILES string of the molecule is O=C1NCC=NN1c1cc(Cl)c(Cc2ccc(C(O)c3cnc4ccccc4n3)cc2)c(Cl)c1. The summed E-state index contributed by atoms with van der Waals surface area (Å²) >= 11 is 13.0. The van der Waals surface area contributed by atoms with Crippen LogP contribution in [0.1, 0.15) is 28.5 Å². The summed E-state index contributed by atoms with van der Waals surface area (Å²) in [5, 5.41) is 19.7. The van der Waals surface area contributed by atoms with E-state index >= 15 is 0 Å². The maximum absolute atomic E-state index is 12.0. The number of fused-ring (bicyclic) bond motifs is 1. The molecule has 0 fully saturated rings. The smallest absolute Gasteiger partial charge is 0.342 e. The quantitative estimate of drug-likeness (QED) is 0.405. The fraction of sp³-hybridized carbons (Fsp3) is 0.120. The van der Waals surface area contributed by atoms with Crippen LogP contribution in [-0.4, -0.2) is 33.9 Å². The molecule has 3 aromatic carbocycles. The molecule has 2 N–H and O–H groups in total. The number of aromatic nitrogens is 2. The highest BCUT2D eigenvalue weighted by molar-refractivity contribution is 6.36. The van der Waals surface area contributed by atoms with Crippen LogP contribution in [0.25, 0.3) is 11.0 Å². The monoisotopic (exact) mass is 491 g/mol. The summed E-state index contributed by atoms with van der Waals surface area (Å²) in [6, 6.07) is 18.0. The Morgan fingerprint density at radius 2 is 1.74 bits per heavy atom. The van der Waals surface area contributed by atoms with E-state index in [1.165, 1.54) is 5.01 Å². The molecule has 170 valence electrons. The van der Waals surface area contributed by atoms with Gasteiger partial charge in [-0.1, -0.05) is 59.6 Å². The Labute approximate surface area is 205 Å². The van der Waals surface area contributed by atoms with E-state index < -0.39 is 6.10 Å². The number of para-hydroxylation sites is 2. The van der Waals surface area contributed by atoms with E-state index in [1.807, 2.05) is 48.5 Å². The fourth-order valence-electron chi connectivity index (χ4n) is 3.74. The van der Waals surface area contributed by atoms with Gasteiger partial charge in [0.05, 0.1) is 35.2 Å². The summed E-state index contributed by atoms with van der Waals surface area (Å²) in [5.74, 6) is 0. The Bertz CT molecular complexity index is 1390. The van der Waals surface area contributed by atoms with Crippen molar-refractivity contribution in [2.75, 3.05) is 11.6 Å². The minimum Gasteiger partial charge on any atom is -0.382 e. The zero-order valence-electron chi connectivity index (χ0n) is 17.8. The lowest BCUT2D eigenvalue weighted by Crippen LogP contribution is -2.41. The Kier molecular flexibility index (Phi) is 6.15. The van der Waals surface area contributed by atoms with Crippen molar-refractivity contribution in [3.63, 3.8) is 0 Å².